The number of rotatable bonds is 4. The van der Waals surface area contributed by atoms with Gasteiger partial charge in [0.25, 0.3) is 0 Å². The number of piperidine rings is 1. The SMILES string of the molecule is CCN1CCCCC1C(=O)N1CCOC(c2ccnc(N3CCCC3)n2)C1. The van der Waals surface area contributed by atoms with E-state index in [-0.39, 0.29) is 18.1 Å². The number of nitrogens with zero attached hydrogens (tertiary/aromatic N) is 5. The van der Waals surface area contributed by atoms with Gasteiger partial charge in [-0.25, -0.2) is 9.97 Å². The van der Waals surface area contributed by atoms with Crippen molar-refractivity contribution in [2.24, 2.45) is 0 Å². The lowest BCUT2D eigenvalue weighted by Gasteiger charge is -2.40. The molecule has 0 spiro atoms. The molecule has 2 atom stereocenters. The van der Waals surface area contributed by atoms with E-state index in [0.717, 1.165) is 50.7 Å². The largest absolute Gasteiger partial charge is 0.368 e. The average Bonchev–Trinajstić information content (AvgIpc) is 3.28. The number of carbonyl (C=O) groups is 1. The molecule has 0 aromatic carbocycles. The Kier molecular flexibility index (Phi) is 5.88. The fourth-order valence-electron chi connectivity index (χ4n) is 4.50. The molecule has 3 saturated heterocycles. The van der Waals surface area contributed by atoms with Gasteiger partial charge in [0.05, 0.1) is 24.9 Å². The molecule has 0 bridgehead atoms. The maximum Gasteiger partial charge on any atom is 0.240 e. The van der Waals surface area contributed by atoms with E-state index < -0.39 is 0 Å². The van der Waals surface area contributed by atoms with Crippen LogP contribution in [0.3, 0.4) is 0 Å². The second-order valence-electron chi connectivity index (χ2n) is 7.76. The molecule has 148 valence electrons. The average molecular weight is 374 g/mol. The van der Waals surface area contributed by atoms with Crippen LogP contribution in [0.2, 0.25) is 0 Å². The second-order valence-corrected chi connectivity index (χ2v) is 7.76. The minimum Gasteiger partial charge on any atom is -0.368 e. The van der Waals surface area contributed by atoms with Gasteiger partial charge in [0.1, 0.15) is 6.10 Å². The summed E-state index contributed by atoms with van der Waals surface area (Å²) in [6.07, 6.45) is 7.37. The van der Waals surface area contributed by atoms with Gasteiger partial charge in [-0.15, -0.1) is 0 Å². The predicted molar refractivity (Wildman–Crippen MR) is 104 cm³/mol. The number of carbonyl (C=O) groups excluding carboxylic acids is 1. The van der Waals surface area contributed by atoms with Gasteiger partial charge in [-0.05, 0) is 44.8 Å². The molecule has 27 heavy (non-hydrogen) atoms. The first kappa shape index (κ1) is 18.6. The van der Waals surface area contributed by atoms with Crippen LogP contribution >= 0.6 is 0 Å². The van der Waals surface area contributed by atoms with Gasteiger partial charge in [-0.3, -0.25) is 9.69 Å². The van der Waals surface area contributed by atoms with Gasteiger partial charge in [0.2, 0.25) is 11.9 Å². The Hall–Kier alpha value is -1.73. The van der Waals surface area contributed by atoms with Crippen LogP contribution in [-0.2, 0) is 9.53 Å². The van der Waals surface area contributed by atoms with Gasteiger partial charge in [0.15, 0.2) is 0 Å². The van der Waals surface area contributed by atoms with E-state index in [0.29, 0.717) is 19.7 Å². The Labute approximate surface area is 161 Å². The van der Waals surface area contributed by atoms with E-state index in [1.165, 1.54) is 19.3 Å². The number of aromatic nitrogens is 2. The van der Waals surface area contributed by atoms with Crippen LogP contribution < -0.4 is 4.90 Å². The highest BCUT2D eigenvalue weighted by Gasteiger charge is 2.34. The molecule has 3 aliphatic rings. The summed E-state index contributed by atoms with van der Waals surface area (Å²) in [4.78, 5) is 28.9. The first-order valence-corrected chi connectivity index (χ1v) is 10.5. The van der Waals surface area contributed by atoms with Crippen molar-refractivity contribution in [3.63, 3.8) is 0 Å². The molecule has 0 N–H and O–H groups in total. The van der Waals surface area contributed by atoms with Crippen molar-refractivity contribution < 1.29 is 9.53 Å². The minimum absolute atomic E-state index is 0.0352. The van der Waals surface area contributed by atoms with Gasteiger partial charge in [0, 0.05) is 25.8 Å². The van der Waals surface area contributed by atoms with E-state index in [1.807, 2.05) is 17.2 Å². The Morgan fingerprint density at radius 1 is 1.19 bits per heavy atom. The van der Waals surface area contributed by atoms with Crippen molar-refractivity contribution in [3.8, 4) is 0 Å². The smallest absolute Gasteiger partial charge is 0.240 e. The summed E-state index contributed by atoms with van der Waals surface area (Å²) in [5.41, 5.74) is 0.889. The van der Waals surface area contributed by atoms with Crippen LogP contribution in [0.25, 0.3) is 0 Å². The number of likely N-dealkylation sites (N-methyl/N-ethyl adjacent to an activating group) is 1. The summed E-state index contributed by atoms with van der Waals surface area (Å²) in [7, 11) is 0. The lowest BCUT2D eigenvalue weighted by Crippen LogP contribution is -2.53. The molecule has 1 aromatic rings. The molecule has 0 radical (unpaired) electrons. The first-order chi connectivity index (χ1) is 13.3. The zero-order chi connectivity index (χ0) is 18.6. The zero-order valence-electron chi connectivity index (χ0n) is 16.3. The van der Waals surface area contributed by atoms with Crippen molar-refractivity contribution >= 4 is 11.9 Å². The fraction of sp³-hybridized carbons (Fsp3) is 0.750. The summed E-state index contributed by atoms with van der Waals surface area (Å²) in [6, 6.07) is 1.96. The molecule has 1 aromatic heterocycles. The van der Waals surface area contributed by atoms with Gasteiger partial charge >= 0.3 is 0 Å². The van der Waals surface area contributed by atoms with E-state index in [1.54, 1.807) is 0 Å². The summed E-state index contributed by atoms with van der Waals surface area (Å²) in [5, 5.41) is 0. The van der Waals surface area contributed by atoms with Gasteiger partial charge in [-0.2, -0.15) is 0 Å². The standard InChI is InChI=1S/C20H31N5O2/c1-2-23-10-4-3-7-17(23)19(26)25-13-14-27-18(15-25)16-8-9-21-20(22-16)24-11-5-6-12-24/h8-9,17-18H,2-7,10-15H2,1H3. The number of morpholine rings is 1. The number of anilines is 1. The number of amides is 1. The molecule has 7 nitrogen and oxygen atoms in total. The summed E-state index contributed by atoms with van der Waals surface area (Å²) in [5.74, 6) is 1.06. The van der Waals surface area contributed by atoms with E-state index in [4.69, 9.17) is 9.72 Å². The van der Waals surface area contributed by atoms with Crippen molar-refractivity contribution in [1.82, 2.24) is 19.8 Å². The Balaban J connectivity index is 1.45. The third kappa shape index (κ3) is 4.09. The Bertz CT molecular complexity index is 649. The minimum atomic E-state index is -0.161. The molecule has 3 aliphatic heterocycles. The first-order valence-electron chi connectivity index (χ1n) is 10.5. The highest BCUT2D eigenvalue weighted by Crippen LogP contribution is 2.25. The van der Waals surface area contributed by atoms with Crippen molar-refractivity contribution in [3.05, 3.63) is 18.0 Å². The van der Waals surface area contributed by atoms with Crippen molar-refractivity contribution in [2.75, 3.05) is 50.8 Å². The molecular weight excluding hydrogens is 342 g/mol. The van der Waals surface area contributed by atoms with Crippen molar-refractivity contribution in [1.29, 1.82) is 0 Å². The van der Waals surface area contributed by atoms with Crippen LogP contribution in [0, 0.1) is 0 Å². The van der Waals surface area contributed by atoms with E-state index >= 15 is 0 Å². The van der Waals surface area contributed by atoms with E-state index in [2.05, 4.69) is 21.7 Å². The van der Waals surface area contributed by atoms with Crippen LogP contribution in [0.4, 0.5) is 5.95 Å². The summed E-state index contributed by atoms with van der Waals surface area (Å²) in [6.45, 7) is 7.99. The predicted octanol–water partition coefficient (Wildman–Crippen LogP) is 1.85. The van der Waals surface area contributed by atoms with Gasteiger partial charge in [-0.1, -0.05) is 13.3 Å². The van der Waals surface area contributed by atoms with Crippen LogP contribution in [0.15, 0.2) is 12.3 Å². The highest BCUT2D eigenvalue weighted by molar-refractivity contribution is 5.82. The number of hydrogen-bond acceptors (Lipinski definition) is 6. The third-order valence-corrected chi connectivity index (χ3v) is 6.07. The van der Waals surface area contributed by atoms with Crippen molar-refractivity contribution in [2.45, 2.75) is 51.2 Å². The molecular formula is C20H31N5O2. The molecule has 4 rings (SSSR count). The normalized spacial score (nSPS) is 27.1. The Morgan fingerprint density at radius 3 is 2.81 bits per heavy atom. The fourth-order valence-corrected chi connectivity index (χ4v) is 4.50. The maximum absolute atomic E-state index is 13.2. The molecule has 4 heterocycles. The number of ether oxygens (including phenoxy) is 1. The molecule has 2 unspecified atom stereocenters. The quantitative estimate of drug-likeness (QED) is 0.803. The Morgan fingerprint density at radius 2 is 2.00 bits per heavy atom. The van der Waals surface area contributed by atoms with E-state index in [9.17, 15) is 4.79 Å². The molecule has 1 amide bonds. The molecule has 7 heteroatoms. The van der Waals surface area contributed by atoms with Crippen LogP contribution in [0.1, 0.15) is 50.8 Å². The molecule has 0 aliphatic carbocycles. The lowest BCUT2D eigenvalue weighted by molar-refractivity contribution is -0.146. The van der Waals surface area contributed by atoms with Gasteiger partial charge < -0.3 is 14.5 Å². The maximum atomic E-state index is 13.2. The second kappa shape index (κ2) is 8.52. The number of likely N-dealkylation sites (tertiary alicyclic amines) is 1. The molecule has 3 fully saturated rings. The summed E-state index contributed by atoms with van der Waals surface area (Å²) >= 11 is 0. The highest BCUT2D eigenvalue weighted by atomic mass is 16.5. The zero-order valence-corrected chi connectivity index (χ0v) is 16.3. The monoisotopic (exact) mass is 373 g/mol. The topological polar surface area (TPSA) is 61.8 Å². The van der Waals surface area contributed by atoms with Crippen LogP contribution in [0.5, 0.6) is 0 Å². The van der Waals surface area contributed by atoms with Crippen LogP contribution in [-0.4, -0.2) is 77.6 Å². The lowest BCUT2D eigenvalue weighted by atomic mass is 10.0. The number of hydrogen-bond donors (Lipinski definition) is 0. The molecule has 0 saturated carbocycles. The third-order valence-electron chi connectivity index (χ3n) is 6.07. The summed E-state index contributed by atoms with van der Waals surface area (Å²) < 4.78 is 5.99.